The van der Waals surface area contributed by atoms with Crippen molar-refractivity contribution in [2.24, 2.45) is 0 Å². The van der Waals surface area contributed by atoms with Crippen LogP contribution in [0.3, 0.4) is 0 Å². The SMILES string of the molecule is CC(C)(C)OC(=O)Nc1ccc2c(ccn2-c2ccc(NC(=O)N(O)c3ccc(Cl)c(C(F)(F)F)c3)cc2)c1. The minimum Gasteiger partial charge on any atom is -0.444 e. The molecule has 3 N–H and O–H groups in total. The summed E-state index contributed by atoms with van der Waals surface area (Å²) in [6.07, 6.45) is -3.47. The summed E-state index contributed by atoms with van der Waals surface area (Å²) in [5.74, 6) is 0. The molecule has 204 valence electrons. The highest BCUT2D eigenvalue weighted by molar-refractivity contribution is 6.31. The van der Waals surface area contributed by atoms with Gasteiger partial charge in [0.05, 0.1) is 21.8 Å². The average Bonchev–Trinajstić information content (AvgIpc) is 3.25. The monoisotopic (exact) mass is 560 g/mol. The molecule has 0 aliphatic heterocycles. The lowest BCUT2D eigenvalue weighted by Gasteiger charge is -2.19. The number of urea groups is 1. The molecule has 4 aromatic rings. The fourth-order valence-corrected chi connectivity index (χ4v) is 3.95. The summed E-state index contributed by atoms with van der Waals surface area (Å²) < 4.78 is 46.5. The summed E-state index contributed by atoms with van der Waals surface area (Å²) in [5, 5.41) is 15.7. The molecule has 39 heavy (non-hydrogen) atoms. The first-order valence-electron chi connectivity index (χ1n) is 11.6. The number of hydroxylamine groups is 1. The molecule has 3 aromatic carbocycles. The number of nitrogens with zero attached hydrogens (tertiary/aromatic N) is 2. The van der Waals surface area contributed by atoms with E-state index in [0.29, 0.717) is 17.4 Å². The van der Waals surface area contributed by atoms with Crippen molar-refractivity contribution in [3.8, 4) is 5.69 Å². The van der Waals surface area contributed by atoms with Gasteiger partial charge in [0.25, 0.3) is 0 Å². The van der Waals surface area contributed by atoms with E-state index in [1.54, 1.807) is 57.2 Å². The maximum atomic E-state index is 13.1. The Labute approximate surface area is 226 Å². The Balaban J connectivity index is 1.46. The number of fused-ring (bicyclic) bond motifs is 1. The number of halogens is 4. The van der Waals surface area contributed by atoms with E-state index in [2.05, 4.69) is 10.6 Å². The molecule has 1 aromatic heterocycles. The van der Waals surface area contributed by atoms with Gasteiger partial charge in [-0.15, -0.1) is 0 Å². The Morgan fingerprint density at radius 2 is 1.59 bits per heavy atom. The minimum absolute atomic E-state index is 0.0713. The van der Waals surface area contributed by atoms with E-state index in [9.17, 15) is 28.0 Å². The van der Waals surface area contributed by atoms with Crippen LogP contribution in [-0.4, -0.2) is 27.5 Å². The maximum absolute atomic E-state index is 13.1. The third-order valence-electron chi connectivity index (χ3n) is 5.42. The molecule has 3 amide bonds. The largest absolute Gasteiger partial charge is 0.444 e. The first-order chi connectivity index (χ1) is 18.2. The van der Waals surface area contributed by atoms with Crippen molar-refractivity contribution in [1.82, 2.24) is 4.57 Å². The van der Waals surface area contributed by atoms with Crippen LogP contribution in [0.15, 0.2) is 72.9 Å². The molecule has 0 fully saturated rings. The number of nitrogens with one attached hydrogen (secondary N) is 2. The highest BCUT2D eigenvalue weighted by Crippen LogP contribution is 2.37. The molecule has 0 atom stereocenters. The number of benzene rings is 3. The average molecular weight is 561 g/mol. The van der Waals surface area contributed by atoms with E-state index in [0.717, 1.165) is 28.7 Å². The van der Waals surface area contributed by atoms with Gasteiger partial charge in [0.2, 0.25) is 0 Å². The molecule has 0 bridgehead atoms. The van der Waals surface area contributed by atoms with E-state index < -0.39 is 40.2 Å². The standard InChI is InChI=1S/C27H24ClF3N4O4/c1-26(2,3)39-25(37)33-18-6-11-23-16(14-18)12-13-34(23)19-7-4-17(5-8-19)32-24(36)35(38)20-9-10-22(28)21(15-20)27(29,30)31/h4-15,38H,1-3H3,(H,32,36)(H,33,37). The van der Waals surface area contributed by atoms with E-state index in [4.69, 9.17) is 16.3 Å². The first kappa shape index (κ1) is 27.8. The summed E-state index contributed by atoms with van der Waals surface area (Å²) in [4.78, 5) is 24.5. The molecule has 12 heteroatoms. The number of amides is 3. The van der Waals surface area contributed by atoms with Crippen molar-refractivity contribution >= 4 is 51.7 Å². The predicted octanol–water partition coefficient (Wildman–Crippen LogP) is 8.08. The quantitative estimate of drug-likeness (QED) is 0.174. The van der Waals surface area contributed by atoms with Gasteiger partial charge in [-0.1, -0.05) is 11.6 Å². The van der Waals surface area contributed by atoms with E-state index >= 15 is 0 Å². The first-order valence-corrected chi connectivity index (χ1v) is 12.0. The van der Waals surface area contributed by atoms with Crippen LogP contribution in [0.4, 0.5) is 39.8 Å². The Morgan fingerprint density at radius 1 is 0.923 bits per heavy atom. The molecule has 0 saturated carbocycles. The van der Waals surface area contributed by atoms with Crippen molar-refractivity contribution in [2.45, 2.75) is 32.5 Å². The zero-order valence-corrected chi connectivity index (χ0v) is 21.8. The zero-order valence-electron chi connectivity index (χ0n) is 21.0. The topological polar surface area (TPSA) is 95.8 Å². The third kappa shape index (κ3) is 6.62. The summed E-state index contributed by atoms with van der Waals surface area (Å²) in [6, 6.07) is 15.4. The molecule has 0 unspecified atom stereocenters. The van der Waals surface area contributed by atoms with E-state index in [-0.39, 0.29) is 5.06 Å². The second-order valence-electron chi connectivity index (χ2n) is 9.54. The number of rotatable bonds is 4. The number of hydrogen-bond donors (Lipinski definition) is 3. The van der Waals surface area contributed by atoms with Crippen LogP contribution in [0.5, 0.6) is 0 Å². The second-order valence-corrected chi connectivity index (χ2v) is 9.94. The van der Waals surface area contributed by atoms with Gasteiger partial charge in [-0.25, -0.2) is 9.59 Å². The molecular formula is C27H24ClF3N4O4. The Kier molecular flexibility index (Phi) is 7.49. The number of carbonyl (C=O) groups is 2. The van der Waals surface area contributed by atoms with Gasteiger partial charge in [-0.3, -0.25) is 10.5 Å². The fraction of sp³-hybridized carbons (Fsp3) is 0.185. The zero-order chi connectivity index (χ0) is 28.5. The fourth-order valence-electron chi connectivity index (χ4n) is 3.73. The van der Waals surface area contributed by atoms with Crippen LogP contribution in [0.25, 0.3) is 16.6 Å². The summed E-state index contributed by atoms with van der Waals surface area (Å²) in [6.45, 7) is 5.33. The van der Waals surface area contributed by atoms with Crippen molar-refractivity contribution in [3.05, 3.63) is 83.5 Å². The maximum Gasteiger partial charge on any atom is 0.417 e. The summed E-state index contributed by atoms with van der Waals surface area (Å²) in [5.41, 5.74) is 0.281. The van der Waals surface area contributed by atoms with Crippen molar-refractivity contribution in [3.63, 3.8) is 0 Å². The lowest BCUT2D eigenvalue weighted by molar-refractivity contribution is -0.137. The summed E-state index contributed by atoms with van der Waals surface area (Å²) >= 11 is 5.59. The van der Waals surface area contributed by atoms with E-state index in [1.807, 2.05) is 22.9 Å². The molecule has 4 rings (SSSR count). The second kappa shape index (κ2) is 10.5. The normalized spacial score (nSPS) is 11.8. The number of aromatic nitrogens is 1. The van der Waals surface area contributed by atoms with Crippen molar-refractivity contribution < 1.29 is 32.7 Å². The minimum atomic E-state index is -4.75. The van der Waals surface area contributed by atoms with Crippen molar-refractivity contribution in [1.29, 1.82) is 0 Å². The third-order valence-corrected chi connectivity index (χ3v) is 5.75. The molecule has 1 heterocycles. The highest BCUT2D eigenvalue weighted by atomic mass is 35.5. The molecule has 0 radical (unpaired) electrons. The number of carbonyl (C=O) groups excluding carboxylic acids is 2. The van der Waals surface area contributed by atoms with Gasteiger partial charge in [0, 0.05) is 28.6 Å². The number of anilines is 3. The number of ether oxygens (including phenoxy) is 1. The Bertz CT molecular complexity index is 1530. The van der Waals surface area contributed by atoms with Crippen molar-refractivity contribution in [2.75, 3.05) is 15.7 Å². The Morgan fingerprint density at radius 3 is 2.23 bits per heavy atom. The van der Waals surface area contributed by atoms with Crippen LogP contribution in [0.2, 0.25) is 5.02 Å². The number of alkyl halides is 3. The molecule has 0 aliphatic rings. The number of hydrogen-bond acceptors (Lipinski definition) is 4. The van der Waals surface area contributed by atoms with Gasteiger partial charge >= 0.3 is 18.3 Å². The predicted molar refractivity (Wildman–Crippen MR) is 143 cm³/mol. The van der Waals surface area contributed by atoms with Crippen LogP contribution in [-0.2, 0) is 10.9 Å². The van der Waals surface area contributed by atoms with Gasteiger partial charge < -0.3 is 14.6 Å². The van der Waals surface area contributed by atoms with Crippen LogP contribution in [0.1, 0.15) is 26.3 Å². The summed E-state index contributed by atoms with van der Waals surface area (Å²) in [7, 11) is 0. The molecule has 0 saturated heterocycles. The Hall–Kier alpha value is -4.22. The van der Waals surface area contributed by atoms with Gasteiger partial charge in [0.15, 0.2) is 0 Å². The smallest absolute Gasteiger partial charge is 0.417 e. The van der Waals surface area contributed by atoms with Crippen LogP contribution >= 0.6 is 11.6 Å². The molecular weight excluding hydrogens is 537 g/mol. The lowest BCUT2D eigenvalue weighted by atomic mass is 10.2. The van der Waals surface area contributed by atoms with Gasteiger partial charge in [0.1, 0.15) is 5.60 Å². The molecule has 0 aliphatic carbocycles. The highest BCUT2D eigenvalue weighted by Gasteiger charge is 2.34. The van der Waals surface area contributed by atoms with Gasteiger partial charge in [-0.2, -0.15) is 18.2 Å². The lowest BCUT2D eigenvalue weighted by Crippen LogP contribution is -2.32. The molecule has 8 nitrogen and oxygen atoms in total. The molecule has 0 spiro atoms. The van der Waals surface area contributed by atoms with Crippen LogP contribution in [0, 0.1) is 0 Å². The van der Waals surface area contributed by atoms with E-state index in [1.165, 1.54) is 0 Å². The van der Waals surface area contributed by atoms with Gasteiger partial charge in [-0.05, 0) is 87.5 Å². The van der Waals surface area contributed by atoms with Crippen LogP contribution < -0.4 is 15.7 Å².